The number of urea groups is 1. The number of carboxylic acid groups (broad SMARTS) is 1. The van der Waals surface area contributed by atoms with E-state index in [1.54, 1.807) is 24.4 Å². The summed E-state index contributed by atoms with van der Waals surface area (Å²) in [6.45, 7) is -0.394. The molecule has 162 valence electrons. The Kier molecular flexibility index (Phi) is 8.08. The maximum absolute atomic E-state index is 12.6. The number of pyridine rings is 1. The Bertz CT molecular complexity index is 801. The highest BCUT2D eigenvalue weighted by Crippen LogP contribution is 2.16. The van der Waals surface area contributed by atoms with Gasteiger partial charge in [-0.05, 0) is 12.1 Å². The zero-order valence-corrected chi connectivity index (χ0v) is 16.4. The van der Waals surface area contributed by atoms with Gasteiger partial charge in [0.15, 0.2) is 0 Å². The molecule has 1 fully saturated rings. The van der Waals surface area contributed by atoms with Crippen molar-refractivity contribution in [1.82, 2.24) is 20.1 Å². The minimum atomic E-state index is -1.26. The Morgan fingerprint density at radius 1 is 1.27 bits per heavy atom. The van der Waals surface area contributed by atoms with Gasteiger partial charge in [0.2, 0.25) is 11.8 Å². The van der Waals surface area contributed by atoms with Crippen molar-refractivity contribution in [3.05, 3.63) is 24.4 Å². The number of amides is 4. The van der Waals surface area contributed by atoms with Crippen LogP contribution in [-0.4, -0.2) is 89.0 Å². The summed E-state index contributed by atoms with van der Waals surface area (Å²) in [6, 6.07) is 3.16. The highest BCUT2D eigenvalue weighted by molar-refractivity contribution is 5.98. The number of aromatic nitrogens is 1. The molecule has 1 saturated heterocycles. The molecule has 0 bridgehead atoms. The number of anilines is 1. The standard InChI is InChI=1S/C18H23N5O7/c1-30-16(27)10-12-17(28)22(11-15(25)26)8-9-23(12)18(29)21-14(24)5-7-20-13-4-2-3-6-19-13/h2-4,6,12H,5,7-11H2,1H3,(H,19,20)(H,25,26)(H,21,24,29). The molecule has 2 rings (SSSR count). The Labute approximate surface area is 172 Å². The lowest BCUT2D eigenvalue weighted by Gasteiger charge is -2.39. The molecule has 0 spiro atoms. The van der Waals surface area contributed by atoms with E-state index in [1.165, 1.54) is 0 Å². The first-order chi connectivity index (χ1) is 14.3. The topological polar surface area (TPSA) is 158 Å². The molecule has 1 aliphatic rings. The third kappa shape index (κ3) is 6.43. The van der Waals surface area contributed by atoms with Gasteiger partial charge < -0.3 is 25.0 Å². The maximum atomic E-state index is 12.6. The molecule has 12 heteroatoms. The van der Waals surface area contributed by atoms with Crippen molar-refractivity contribution in [2.75, 3.05) is 38.6 Å². The van der Waals surface area contributed by atoms with Crippen LogP contribution < -0.4 is 10.6 Å². The van der Waals surface area contributed by atoms with E-state index >= 15 is 0 Å². The monoisotopic (exact) mass is 421 g/mol. The van der Waals surface area contributed by atoms with Crippen LogP contribution >= 0.6 is 0 Å². The number of methoxy groups -OCH3 is 1. The minimum absolute atomic E-state index is 0.0308. The first-order valence-electron chi connectivity index (χ1n) is 9.14. The van der Waals surface area contributed by atoms with Crippen LogP contribution in [0.25, 0.3) is 0 Å². The zero-order chi connectivity index (χ0) is 22.1. The normalized spacial score (nSPS) is 16.0. The smallest absolute Gasteiger partial charge is 0.324 e. The molecule has 3 N–H and O–H groups in total. The Morgan fingerprint density at radius 3 is 2.67 bits per heavy atom. The number of hydrogen-bond donors (Lipinski definition) is 3. The summed E-state index contributed by atoms with van der Waals surface area (Å²) in [5.74, 6) is -2.66. The van der Waals surface area contributed by atoms with E-state index in [9.17, 15) is 24.0 Å². The van der Waals surface area contributed by atoms with Crippen molar-refractivity contribution in [1.29, 1.82) is 0 Å². The molecule has 0 aliphatic carbocycles. The lowest BCUT2D eigenvalue weighted by molar-refractivity contribution is -0.152. The molecule has 4 amide bonds. The third-order valence-corrected chi connectivity index (χ3v) is 4.33. The lowest BCUT2D eigenvalue weighted by atomic mass is 10.1. The number of ether oxygens (including phenoxy) is 1. The first kappa shape index (κ1) is 22.6. The highest BCUT2D eigenvalue weighted by atomic mass is 16.5. The van der Waals surface area contributed by atoms with Gasteiger partial charge in [0.05, 0.1) is 13.5 Å². The van der Waals surface area contributed by atoms with E-state index in [1.807, 2.05) is 0 Å². The van der Waals surface area contributed by atoms with E-state index in [0.717, 1.165) is 16.9 Å². The van der Waals surface area contributed by atoms with E-state index in [2.05, 4.69) is 20.4 Å². The number of rotatable bonds is 8. The van der Waals surface area contributed by atoms with Gasteiger partial charge in [-0.1, -0.05) is 6.07 Å². The second kappa shape index (κ2) is 10.7. The number of carbonyl (C=O) groups is 5. The van der Waals surface area contributed by atoms with Crippen molar-refractivity contribution in [2.24, 2.45) is 0 Å². The van der Waals surface area contributed by atoms with Crippen molar-refractivity contribution < 1.29 is 33.8 Å². The molecule has 1 aromatic rings. The average Bonchev–Trinajstić information content (AvgIpc) is 2.71. The van der Waals surface area contributed by atoms with Crippen LogP contribution in [0.15, 0.2) is 24.4 Å². The summed E-state index contributed by atoms with van der Waals surface area (Å²) in [5, 5.41) is 14.0. The van der Waals surface area contributed by atoms with Gasteiger partial charge in [-0.15, -0.1) is 0 Å². The van der Waals surface area contributed by atoms with Crippen molar-refractivity contribution in [3.63, 3.8) is 0 Å². The molecule has 2 heterocycles. The van der Waals surface area contributed by atoms with Crippen LogP contribution in [0.1, 0.15) is 12.8 Å². The average molecular weight is 421 g/mol. The fourth-order valence-electron chi connectivity index (χ4n) is 2.87. The minimum Gasteiger partial charge on any atom is -0.480 e. The molecular formula is C18H23N5O7. The summed E-state index contributed by atoms with van der Waals surface area (Å²) >= 11 is 0. The molecule has 1 aromatic heterocycles. The van der Waals surface area contributed by atoms with Crippen LogP contribution in [0.2, 0.25) is 0 Å². The molecule has 0 radical (unpaired) electrons. The van der Waals surface area contributed by atoms with Gasteiger partial charge in [0.25, 0.3) is 0 Å². The number of nitrogens with one attached hydrogen (secondary N) is 2. The predicted molar refractivity (Wildman–Crippen MR) is 102 cm³/mol. The summed E-state index contributed by atoms with van der Waals surface area (Å²) in [4.78, 5) is 65.9. The quantitative estimate of drug-likeness (QED) is 0.461. The van der Waals surface area contributed by atoms with E-state index in [-0.39, 0.29) is 26.1 Å². The summed E-state index contributed by atoms with van der Waals surface area (Å²) in [6.07, 6.45) is 1.11. The third-order valence-electron chi connectivity index (χ3n) is 4.33. The maximum Gasteiger partial charge on any atom is 0.324 e. The molecule has 0 saturated carbocycles. The highest BCUT2D eigenvalue weighted by Gasteiger charge is 2.40. The SMILES string of the molecule is COC(=O)CC1C(=O)N(CC(=O)O)CCN1C(=O)NC(=O)CCNc1ccccn1. The molecule has 1 aliphatic heterocycles. The van der Waals surface area contributed by atoms with Crippen molar-refractivity contribution in [2.45, 2.75) is 18.9 Å². The second-order valence-electron chi connectivity index (χ2n) is 6.39. The first-order valence-corrected chi connectivity index (χ1v) is 9.14. The Morgan fingerprint density at radius 2 is 2.03 bits per heavy atom. The Hall–Kier alpha value is -3.70. The number of carboxylic acids is 1. The van der Waals surface area contributed by atoms with Gasteiger partial charge in [-0.25, -0.2) is 9.78 Å². The summed E-state index contributed by atoms with van der Waals surface area (Å²) in [7, 11) is 1.13. The summed E-state index contributed by atoms with van der Waals surface area (Å²) in [5.41, 5.74) is 0. The summed E-state index contributed by atoms with van der Waals surface area (Å²) < 4.78 is 4.56. The fraction of sp³-hybridized carbons (Fsp3) is 0.444. The second-order valence-corrected chi connectivity index (χ2v) is 6.39. The molecular weight excluding hydrogens is 398 g/mol. The van der Waals surface area contributed by atoms with Crippen LogP contribution in [0, 0.1) is 0 Å². The van der Waals surface area contributed by atoms with Gasteiger partial charge in [0, 0.05) is 32.3 Å². The number of aliphatic carboxylic acids is 1. The molecule has 1 atom stereocenters. The number of carbonyl (C=O) groups excluding carboxylic acids is 4. The van der Waals surface area contributed by atoms with Gasteiger partial charge >= 0.3 is 18.0 Å². The molecule has 0 aromatic carbocycles. The number of hydrogen-bond acceptors (Lipinski definition) is 8. The fourth-order valence-corrected chi connectivity index (χ4v) is 2.87. The van der Waals surface area contributed by atoms with E-state index in [4.69, 9.17) is 5.11 Å². The molecule has 1 unspecified atom stereocenters. The number of esters is 1. The lowest BCUT2D eigenvalue weighted by Crippen LogP contribution is -2.62. The van der Waals surface area contributed by atoms with Crippen LogP contribution in [0.3, 0.4) is 0 Å². The van der Waals surface area contributed by atoms with Crippen molar-refractivity contribution >= 4 is 35.6 Å². The zero-order valence-electron chi connectivity index (χ0n) is 16.4. The van der Waals surface area contributed by atoms with Gasteiger partial charge in [-0.2, -0.15) is 0 Å². The van der Waals surface area contributed by atoms with Gasteiger partial charge in [0.1, 0.15) is 18.4 Å². The van der Waals surface area contributed by atoms with E-state index in [0.29, 0.717) is 5.82 Å². The molecule has 12 nitrogen and oxygen atoms in total. The number of piperazine rings is 1. The molecule has 30 heavy (non-hydrogen) atoms. The van der Waals surface area contributed by atoms with Crippen LogP contribution in [0.5, 0.6) is 0 Å². The van der Waals surface area contributed by atoms with Crippen LogP contribution in [0.4, 0.5) is 10.6 Å². The Balaban J connectivity index is 1.95. The number of imide groups is 1. The predicted octanol–water partition coefficient (Wildman–Crippen LogP) is -0.720. The largest absolute Gasteiger partial charge is 0.480 e. The van der Waals surface area contributed by atoms with Gasteiger partial charge in [-0.3, -0.25) is 24.5 Å². The van der Waals surface area contributed by atoms with E-state index < -0.39 is 48.8 Å². The van der Waals surface area contributed by atoms with Crippen molar-refractivity contribution in [3.8, 4) is 0 Å². The number of nitrogens with zero attached hydrogens (tertiary/aromatic N) is 3. The van der Waals surface area contributed by atoms with Crippen LogP contribution in [-0.2, 0) is 23.9 Å².